The van der Waals surface area contributed by atoms with Crippen molar-refractivity contribution in [2.75, 3.05) is 0 Å². The number of carbonyl (C=O) groups excluding carboxylic acids is 2. The second kappa shape index (κ2) is 10.8. The summed E-state index contributed by atoms with van der Waals surface area (Å²) in [6.45, 7) is 0. The Bertz CT molecular complexity index is 489. The van der Waals surface area contributed by atoms with E-state index in [4.69, 9.17) is 0 Å². The van der Waals surface area contributed by atoms with Crippen molar-refractivity contribution in [1.29, 1.82) is 0 Å². The Balaban J connectivity index is 0.000000364. The monoisotopic (exact) mass is 376 g/mol. The molecule has 0 unspecified atom stereocenters. The minimum absolute atomic E-state index is 0. The zero-order valence-electron chi connectivity index (χ0n) is 11.1. The molecule has 0 saturated carbocycles. The molecule has 21 heavy (non-hydrogen) atoms. The zero-order valence-corrected chi connectivity index (χ0v) is 12.7. The van der Waals surface area contributed by atoms with Crippen LogP contribution >= 0.6 is 0 Å². The maximum absolute atomic E-state index is 10.1. The van der Waals surface area contributed by atoms with Crippen molar-refractivity contribution in [3.8, 4) is 0 Å². The van der Waals surface area contributed by atoms with Gasteiger partial charge < -0.3 is 19.8 Å². The second-order valence-corrected chi connectivity index (χ2v) is 4.07. The van der Waals surface area contributed by atoms with Gasteiger partial charge in [-0.05, 0) is 11.1 Å². The maximum Gasteiger partial charge on any atom is 2.00 e. The fourth-order valence-electron chi connectivity index (χ4n) is 1.53. The summed E-state index contributed by atoms with van der Waals surface area (Å²) in [5, 5.41) is 20.1. The summed E-state index contributed by atoms with van der Waals surface area (Å²) in [6, 6.07) is 17.9. The molecule has 0 aliphatic rings. The van der Waals surface area contributed by atoms with Crippen molar-refractivity contribution < 1.29 is 40.2 Å². The standard InChI is InChI=1S/2C8H8O2.Pd/c2*9-8(10)6-7-4-2-1-3-5-7;/h2*1-5H,6H2,(H,9,10);/q;;+2/p-2. The van der Waals surface area contributed by atoms with Gasteiger partial charge >= 0.3 is 20.4 Å². The van der Waals surface area contributed by atoms with Crippen LogP contribution in [0.4, 0.5) is 0 Å². The number of carboxylic acid groups (broad SMARTS) is 2. The van der Waals surface area contributed by atoms with Gasteiger partial charge in [0.1, 0.15) is 0 Å². The Morgan fingerprint density at radius 3 is 1.19 bits per heavy atom. The van der Waals surface area contributed by atoms with E-state index in [9.17, 15) is 19.8 Å². The van der Waals surface area contributed by atoms with E-state index in [1.807, 2.05) is 12.1 Å². The van der Waals surface area contributed by atoms with Crippen LogP contribution < -0.4 is 10.2 Å². The summed E-state index contributed by atoms with van der Waals surface area (Å²) in [5.74, 6) is -2.07. The minimum Gasteiger partial charge on any atom is -0.550 e. The summed E-state index contributed by atoms with van der Waals surface area (Å²) in [7, 11) is 0. The molecule has 112 valence electrons. The molecule has 0 saturated heterocycles. The second-order valence-electron chi connectivity index (χ2n) is 4.07. The molecule has 0 N–H and O–H groups in total. The fourth-order valence-corrected chi connectivity index (χ4v) is 1.53. The predicted molar refractivity (Wildman–Crippen MR) is 70.3 cm³/mol. The van der Waals surface area contributed by atoms with Crippen LogP contribution in [0.15, 0.2) is 60.7 Å². The minimum atomic E-state index is -1.04. The molecule has 0 bridgehead atoms. The molecule has 0 spiro atoms. The first-order valence-electron chi connectivity index (χ1n) is 6.05. The maximum atomic E-state index is 10.1. The van der Waals surface area contributed by atoms with E-state index in [1.54, 1.807) is 48.5 Å². The van der Waals surface area contributed by atoms with E-state index in [1.165, 1.54) is 0 Å². The fraction of sp³-hybridized carbons (Fsp3) is 0.125. The number of carboxylic acids is 2. The van der Waals surface area contributed by atoms with Gasteiger partial charge in [0.25, 0.3) is 0 Å². The van der Waals surface area contributed by atoms with Gasteiger partial charge in [0, 0.05) is 24.8 Å². The number of hydrogen-bond donors (Lipinski definition) is 0. The van der Waals surface area contributed by atoms with Gasteiger partial charge in [-0.3, -0.25) is 0 Å². The third-order valence-electron chi connectivity index (χ3n) is 2.38. The van der Waals surface area contributed by atoms with Crippen LogP contribution in [-0.4, -0.2) is 11.9 Å². The van der Waals surface area contributed by atoms with Crippen LogP contribution in [0.5, 0.6) is 0 Å². The summed E-state index contributed by atoms with van der Waals surface area (Å²) in [4.78, 5) is 20.1. The number of hydrogen-bond acceptors (Lipinski definition) is 4. The molecule has 4 nitrogen and oxygen atoms in total. The average molecular weight is 377 g/mol. The largest absolute Gasteiger partial charge is 2.00 e. The van der Waals surface area contributed by atoms with E-state index in [-0.39, 0.29) is 33.3 Å². The molecule has 0 aliphatic heterocycles. The van der Waals surface area contributed by atoms with E-state index >= 15 is 0 Å². The van der Waals surface area contributed by atoms with E-state index in [0.29, 0.717) is 0 Å². The Kier molecular flexibility index (Phi) is 9.78. The van der Waals surface area contributed by atoms with Crippen molar-refractivity contribution in [3.05, 3.63) is 71.8 Å². The van der Waals surface area contributed by atoms with E-state index in [0.717, 1.165) is 11.1 Å². The average Bonchev–Trinajstić information content (AvgIpc) is 2.40. The van der Waals surface area contributed by atoms with Gasteiger partial charge in [0.15, 0.2) is 0 Å². The molecule has 2 aromatic rings. The van der Waals surface area contributed by atoms with Gasteiger partial charge in [-0.25, -0.2) is 0 Å². The SMILES string of the molecule is O=C([O-])Cc1ccccc1.O=C([O-])Cc1ccccc1.[Pd+2]. The van der Waals surface area contributed by atoms with Crippen molar-refractivity contribution in [1.82, 2.24) is 0 Å². The van der Waals surface area contributed by atoms with Crippen molar-refractivity contribution in [3.63, 3.8) is 0 Å². The van der Waals surface area contributed by atoms with E-state index in [2.05, 4.69) is 0 Å². The van der Waals surface area contributed by atoms with Gasteiger partial charge in [0.2, 0.25) is 0 Å². The molecule has 0 aliphatic carbocycles. The van der Waals surface area contributed by atoms with Crippen LogP contribution in [0, 0.1) is 0 Å². The topological polar surface area (TPSA) is 80.3 Å². The van der Waals surface area contributed by atoms with Crippen LogP contribution in [0.1, 0.15) is 11.1 Å². The number of carbonyl (C=O) groups is 2. The Morgan fingerprint density at radius 1 is 0.667 bits per heavy atom. The van der Waals surface area contributed by atoms with Gasteiger partial charge in [-0.1, -0.05) is 60.7 Å². The van der Waals surface area contributed by atoms with Gasteiger partial charge in [-0.2, -0.15) is 0 Å². The van der Waals surface area contributed by atoms with Crippen molar-refractivity contribution >= 4 is 11.9 Å². The van der Waals surface area contributed by atoms with Gasteiger partial charge in [0.05, 0.1) is 0 Å². The van der Waals surface area contributed by atoms with Crippen LogP contribution in [-0.2, 0) is 42.9 Å². The first kappa shape index (κ1) is 19.0. The molecule has 0 aromatic heterocycles. The molecule has 0 amide bonds. The number of aliphatic carboxylic acids is 2. The molecule has 2 aromatic carbocycles. The summed E-state index contributed by atoms with van der Waals surface area (Å²) >= 11 is 0. The molecule has 0 atom stereocenters. The summed E-state index contributed by atoms with van der Waals surface area (Å²) < 4.78 is 0. The molecule has 0 radical (unpaired) electrons. The molecule has 0 fully saturated rings. The first-order valence-corrected chi connectivity index (χ1v) is 6.05. The van der Waals surface area contributed by atoms with Crippen molar-refractivity contribution in [2.45, 2.75) is 12.8 Å². The third-order valence-corrected chi connectivity index (χ3v) is 2.38. The predicted octanol–water partition coefficient (Wildman–Crippen LogP) is -0.0445. The van der Waals surface area contributed by atoms with Gasteiger partial charge in [-0.15, -0.1) is 0 Å². The van der Waals surface area contributed by atoms with Crippen molar-refractivity contribution in [2.24, 2.45) is 0 Å². The van der Waals surface area contributed by atoms with E-state index < -0.39 is 11.9 Å². The Labute approximate surface area is 137 Å². The third kappa shape index (κ3) is 9.56. The Morgan fingerprint density at radius 2 is 0.952 bits per heavy atom. The van der Waals surface area contributed by atoms with Crippen LogP contribution in [0.2, 0.25) is 0 Å². The molecule has 5 heteroatoms. The molecule has 0 heterocycles. The quantitative estimate of drug-likeness (QED) is 0.701. The smallest absolute Gasteiger partial charge is 0.550 e. The Hall–Kier alpha value is -1.96. The van der Waals surface area contributed by atoms with Crippen LogP contribution in [0.3, 0.4) is 0 Å². The summed E-state index contributed by atoms with van der Waals surface area (Å²) in [6.07, 6.45) is 0.00167. The summed E-state index contributed by atoms with van der Waals surface area (Å²) in [5.41, 5.74) is 1.56. The number of rotatable bonds is 4. The molecular weight excluding hydrogens is 363 g/mol. The molecular formula is C16H14O4Pd. The first-order chi connectivity index (χ1) is 9.58. The normalized spacial score (nSPS) is 8.76. The van der Waals surface area contributed by atoms with Crippen LogP contribution in [0.25, 0.3) is 0 Å². The molecule has 2 rings (SSSR count). The number of benzene rings is 2. The zero-order chi connectivity index (χ0) is 14.8.